The molecule has 14 heavy (non-hydrogen) atoms. The van der Waals surface area contributed by atoms with Crippen LogP contribution in [0.1, 0.15) is 0 Å². The van der Waals surface area contributed by atoms with Crippen LogP contribution in [0, 0.1) is 0 Å². The van der Waals surface area contributed by atoms with E-state index in [9.17, 15) is 0 Å². The summed E-state index contributed by atoms with van der Waals surface area (Å²) in [7, 11) is 0. The second-order valence-corrected chi connectivity index (χ2v) is 4.47. The first kappa shape index (κ1) is 11.4. The Bertz CT molecular complexity index is 324. The molecule has 76 valence electrons. The summed E-state index contributed by atoms with van der Waals surface area (Å²) in [6.07, 6.45) is 0. The van der Waals surface area contributed by atoms with Gasteiger partial charge in [0.1, 0.15) is 0 Å². The second-order valence-electron chi connectivity index (χ2n) is 2.54. The first-order chi connectivity index (χ1) is 6.74. The van der Waals surface area contributed by atoms with Crippen LogP contribution in [0.25, 0.3) is 0 Å². The summed E-state index contributed by atoms with van der Waals surface area (Å²) < 4.78 is 0. The quantitative estimate of drug-likeness (QED) is 0.382. The molecule has 0 amide bonds. The summed E-state index contributed by atoms with van der Waals surface area (Å²) in [6.45, 7) is 0. The van der Waals surface area contributed by atoms with E-state index in [1.54, 1.807) is 11.8 Å². The van der Waals surface area contributed by atoms with E-state index in [-0.39, 0.29) is 5.96 Å². The summed E-state index contributed by atoms with van der Waals surface area (Å²) in [4.78, 5) is 5.15. The van der Waals surface area contributed by atoms with E-state index < -0.39 is 0 Å². The van der Waals surface area contributed by atoms with Gasteiger partial charge in [-0.2, -0.15) is 0 Å². The third-order valence-corrected chi connectivity index (χ3v) is 3.44. The van der Waals surface area contributed by atoms with Gasteiger partial charge >= 0.3 is 0 Å². The average Bonchev–Trinajstić information content (AvgIpc) is 2.16. The number of rotatable bonds is 4. The van der Waals surface area contributed by atoms with Crippen LogP contribution in [0.15, 0.2) is 34.2 Å². The molecule has 0 saturated carbocycles. The van der Waals surface area contributed by atoms with Gasteiger partial charge in [0, 0.05) is 16.0 Å². The van der Waals surface area contributed by atoms with Crippen molar-refractivity contribution in [2.45, 2.75) is 4.90 Å². The van der Waals surface area contributed by atoms with Gasteiger partial charge in [0.2, 0.25) is 0 Å². The van der Waals surface area contributed by atoms with E-state index >= 15 is 0 Å². The minimum Gasteiger partial charge on any atom is -0.370 e. The molecular weight excluding hydrogens is 262 g/mol. The first-order valence-electron chi connectivity index (χ1n) is 4.11. The third-order valence-electron chi connectivity index (χ3n) is 1.45. The molecule has 1 rings (SSSR count). The van der Waals surface area contributed by atoms with Gasteiger partial charge < -0.3 is 11.5 Å². The summed E-state index contributed by atoms with van der Waals surface area (Å²) in [5.74, 6) is 1.09. The molecule has 1 aromatic rings. The molecule has 0 radical (unpaired) electrons. The number of aliphatic imine (C=N–C) groups is 1. The van der Waals surface area contributed by atoms with Crippen LogP contribution in [-0.4, -0.2) is 17.0 Å². The molecule has 0 fully saturated rings. The van der Waals surface area contributed by atoms with Crippen LogP contribution in [0.2, 0.25) is 0 Å². The Kier molecular flexibility index (Phi) is 4.82. The van der Waals surface area contributed by atoms with E-state index in [1.807, 2.05) is 24.3 Å². The standard InChI is InChI=1S/C9H12BrN3S/c10-5-6-14-8-4-2-1-3-7(8)13-9(11)12/h1-4H,5-6H2,(H4,11,12,13). The zero-order chi connectivity index (χ0) is 10.4. The van der Waals surface area contributed by atoms with Gasteiger partial charge in [-0.15, -0.1) is 11.8 Å². The highest BCUT2D eigenvalue weighted by atomic mass is 79.9. The number of guanidine groups is 1. The number of alkyl halides is 1. The molecule has 3 nitrogen and oxygen atoms in total. The average molecular weight is 274 g/mol. The predicted octanol–water partition coefficient (Wildman–Crippen LogP) is 2.08. The van der Waals surface area contributed by atoms with Gasteiger partial charge in [0.25, 0.3) is 0 Å². The zero-order valence-electron chi connectivity index (χ0n) is 7.61. The Balaban J connectivity index is 2.86. The van der Waals surface area contributed by atoms with Crippen molar-refractivity contribution in [3.05, 3.63) is 24.3 Å². The van der Waals surface area contributed by atoms with Gasteiger partial charge in [-0.3, -0.25) is 0 Å². The predicted molar refractivity (Wildman–Crippen MR) is 66.4 cm³/mol. The number of hydrogen-bond acceptors (Lipinski definition) is 2. The smallest absolute Gasteiger partial charge is 0.191 e. The lowest BCUT2D eigenvalue weighted by Crippen LogP contribution is -2.21. The summed E-state index contributed by atoms with van der Waals surface area (Å²) >= 11 is 5.10. The minimum atomic E-state index is 0.0943. The van der Waals surface area contributed by atoms with Crippen LogP contribution in [-0.2, 0) is 0 Å². The van der Waals surface area contributed by atoms with Crippen molar-refractivity contribution in [1.82, 2.24) is 0 Å². The molecule has 0 unspecified atom stereocenters. The molecule has 0 aliphatic heterocycles. The van der Waals surface area contributed by atoms with Gasteiger partial charge in [0.05, 0.1) is 5.69 Å². The van der Waals surface area contributed by atoms with E-state index in [1.165, 1.54) is 0 Å². The Morgan fingerprint density at radius 2 is 2.07 bits per heavy atom. The molecular formula is C9H12BrN3S. The summed E-state index contributed by atoms with van der Waals surface area (Å²) in [6, 6.07) is 7.80. The van der Waals surface area contributed by atoms with Gasteiger partial charge in [-0.05, 0) is 12.1 Å². The van der Waals surface area contributed by atoms with E-state index in [4.69, 9.17) is 11.5 Å². The first-order valence-corrected chi connectivity index (χ1v) is 6.22. The Labute approximate surface area is 96.1 Å². The number of hydrogen-bond donors (Lipinski definition) is 2. The molecule has 0 saturated heterocycles. The zero-order valence-corrected chi connectivity index (χ0v) is 10.0. The Morgan fingerprint density at radius 3 is 2.71 bits per heavy atom. The number of benzene rings is 1. The van der Waals surface area contributed by atoms with E-state index in [0.29, 0.717) is 0 Å². The van der Waals surface area contributed by atoms with Gasteiger partial charge in [0.15, 0.2) is 5.96 Å². The number of para-hydroxylation sites is 1. The molecule has 0 aromatic heterocycles. The third kappa shape index (κ3) is 3.59. The van der Waals surface area contributed by atoms with Crippen molar-refractivity contribution >= 4 is 39.3 Å². The number of nitrogens with two attached hydrogens (primary N) is 2. The maximum Gasteiger partial charge on any atom is 0.191 e. The highest BCUT2D eigenvalue weighted by molar-refractivity contribution is 9.09. The Morgan fingerprint density at radius 1 is 1.36 bits per heavy atom. The molecule has 4 N–H and O–H groups in total. The van der Waals surface area contributed by atoms with E-state index in [2.05, 4.69) is 20.9 Å². The lowest BCUT2D eigenvalue weighted by molar-refractivity contribution is 1.33. The van der Waals surface area contributed by atoms with Crippen molar-refractivity contribution in [3.8, 4) is 0 Å². The maximum absolute atomic E-state index is 5.33. The van der Waals surface area contributed by atoms with Gasteiger partial charge in [-0.25, -0.2) is 4.99 Å². The monoisotopic (exact) mass is 273 g/mol. The molecule has 0 aliphatic rings. The fourth-order valence-electron chi connectivity index (χ4n) is 0.959. The van der Waals surface area contributed by atoms with Crippen molar-refractivity contribution in [1.29, 1.82) is 0 Å². The van der Waals surface area contributed by atoms with E-state index in [0.717, 1.165) is 21.7 Å². The molecule has 1 aromatic carbocycles. The number of thioether (sulfide) groups is 1. The fourth-order valence-corrected chi connectivity index (χ4v) is 2.18. The van der Waals surface area contributed by atoms with Gasteiger partial charge in [-0.1, -0.05) is 28.1 Å². The van der Waals surface area contributed by atoms with Crippen molar-refractivity contribution in [2.24, 2.45) is 16.5 Å². The van der Waals surface area contributed by atoms with Crippen LogP contribution < -0.4 is 11.5 Å². The highest BCUT2D eigenvalue weighted by Crippen LogP contribution is 2.29. The molecule has 0 spiro atoms. The minimum absolute atomic E-state index is 0.0943. The topological polar surface area (TPSA) is 64.4 Å². The van der Waals surface area contributed by atoms with Crippen molar-refractivity contribution in [3.63, 3.8) is 0 Å². The molecule has 0 bridgehead atoms. The van der Waals surface area contributed by atoms with Crippen molar-refractivity contribution in [2.75, 3.05) is 11.1 Å². The molecule has 0 atom stereocenters. The summed E-state index contributed by atoms with van der Waals surface area (Å²) in [5, 5.41) is 0.952. The molecule has 5 heteroatoms. The normalized spacial score (nSPS) is 9.79. The lowest BCUT2D eigenvalue weighted by atomic mass is 10.3. The van der Waals surface area contributed by atoms with Crippen LogP contribution >= 0.6 is 27.7 Å². The maximum atomic E-state index is 5.33. The van der Waals surface area contributed by atoms with Crippen molar-refractivity contribution < 1.29 is 0 Å². The van der Waals surface area contributed by atoms with Crippen LogP contribution in [0.5, 0.6) is 0 Å². The highest BCUT2D eigenvalue weighted by Gasteiger charge is 2.00. The number of nitrogens with zero attached hydrogens (tertiary/aromatic N) is 1. The lowest BCUT2D eigenvalue weighted by Gasteiger charge is -2.03. The number of halogens is 1. The second kappa shape index (κ2) is 5.93. The molecule has 0 aliphatic carbocycles. The Hall–Kier alpha value is -0.680. The van der Waals surface area contributed by atoms with Crippen LogP contribution in [0.3, 0.4) is 0 Å². The SMILES string of the molecule is NC(N)=Nc1ccccc1SCCBr. The van der Waals surface area contributed by atoms with Crippen LogP contribution in [0.4, 0.5) is 5.69 Å². The fraction of sp³-hybridized carbons (Fsp3) is 0.222. The summed E-state index contributed by atoms with van der Waals surface area (Å²) in [5.41, 5.74) is 11.5. The molecule has 0 heterocycles. The largest absolute Gasteiger partial charge is 0.370 e.